The third-order valence-electron chi connectivity index (χ3n) is 4.19. The Balaban J connectivity index is 0.000000167. The highest BCUT2D eigenvalue weighted by Gasteiger charge is 2.17. The number of aromatic nitrogens is 4. The van der Waals surface area contributed by atoms with Crippen LogP contribution < -0.4 is 0 Å². The molecule has 0 atom stereocenters. The number of nitrogens with zero attached hydrogens (tertiary/aromatic N) is 5. The zero-order valence-corrected chi connectivity index (χ0v) is 15.5. The molecule has 4 rings (SSSR count). The van der Waals surface area contributed by atoms with Crippen LogP contribution in [0.5, 0.6) is 0 Å². The van der Waals surface area contributed by atoms with Gasteiger partial charge in [0.05, 0.1) is 28.4 Å². The molecule has 0 aliphatic heterocycles. The Morgan fingerprint density at radius 3 is 2.57 bits per heavy atom. The van der Waals surface area contributed by atoms with Crippen molar-refractivity contribution < 1.29 is 8.78 Å². The molecule has 142 valence electrons. The lowest BCUT2D eigenvalue weighted by atomic mass is 10.2. The maximum absolute atomic E-state index is 12.7. The first-order chi connectivity index (χ1) is 13.5. The summed E-state index contributed by atoms with van der Waals surface area (Å²) >= 11 is 0. The van der Waals surface area contributed by atoms with E-state index in [4.69, 9.17) is 5.26 Å². The van der Waals surface area contributed by atoms with E-state index < -0.39 is 6.43 Å². The fraction of sp³-hybridized carbons (Fsp3) is 0.190. The summed E-state index contributed by atoms with van der Waals surface area (Å²) in [6, 6.07) is 16.9. The number of imidazole rings is 1. The van der Waals surface area contributed by atoms with Crippen LogP contribution in [0, 0.1) is 18.3 Å². The number of nitriles is 1. The predicted octanol–water partition coefficient (Wildman–Crippen LogP) is 5.05. The third kappa shape index (κ3) is 4.07. The highest BCUT2D eigenvalue weighted by atomic mass is 19.3. The Morgan fingerprint density at radius 1 is 1.14 bits per heavy atom. The van der Waals surface area contributed by atoms with Crippen molar-refractivity contribution in [1.29, 1.82) is 5.26 Å². The van der Waals surface area contributed by atoms with Crippen LogP contribution in [0.25, 0.3) is 16.7 Å². The van der Waals surface area contributed by atoms with Gasteiger partial charge in [-0.15, -0.1) is 0 Å². The molecule has 28 heavy (non-hydrogen) atoms. The standard InChI is InChI=1S/C11H9F2N3.C10H10N2/c1-2-16-9-4-3-7(6-14)5-8(9)15-11(16)10(12)13;1-9-4-2-5-10(8-9)12-7-3-6-11-12/h3-5,10H,2H2,1H3;2-8H,1H3. The van der Waals surface area contributed by atoms with Crippen molar-refractivity contribution >= 4 is 11.0 Å². The molecule has 0 radical (unpaired) electrons. The van der Waals surface area contributed by atoms with Crippen LogP contribution in [-0.4, -0.2) is 19.3 Å². The molecule has 2 aromatic carbocycles. The van der Waals surface area contributed by atoms with Crippen LogP contribution in [0.15, 0.2) is 60.9 Å². The lowest BCUT2D eigenvalue weighted by Crippen LogP contribution is -2.01. The minimum Gasteiger partial charge on any atom is -0.323 e. The number of fused-ring (bicyclic) bond motifs is 1. The van der Waals surface area contributed by atoms with Gasteiger partial charge in [0.25, 0.3) is 6.43 Å². The molecular formula is C21H19F2N5. The summed E-state index contributed by atoms with van der Waals surface area (Å²) in [6.07, 6.45) is 1.12. The number of benzene rings is 2. The summed E-state index contributed by atoms with van der Waals surface area (Å²) in [5.74, 6) is -0.243. The monoisotopic (exact) mass is 379 g/mol. The Hall–Kier alpha value is -3.53. The number of rotatable bonds is 3. The van der Waals surface area contributed by atoms with E-state index in [0.29, 0.717) is 23.1 Å². The summed E-state index contributed by atoms with van der Waals surface area (Å²) in [5, 5.41) is 12.9. The fourth-order valence-electron chi connectivity index (χ4n) is 2.91. The molecule has 4 aromatic rings. The van der Waals surface area contributed by atoms with Gasteiger partial charge in [-0.05, 0) is 55.8 Å². The molecule has 2 heterocycles. The molecule has 0 bridgehead atoms. The fourth-order valence-corrected chi connectivity index (χ4v) is 2.91. The quantitative estimate of drug-likeness (QED) is 0.501. The molecule has 0 N–H and O–H groups in total. The van der Waals surface area contributed by atoms with Crippen molar-refractivity contribution in [3.63, 3.8) is 0 Å². The van der Waals surface area contributed by atoms with Gasteiger partial charge < -0.3 is 4.57 Å². The number of alkyl halides is 2. The van der Waals surface area contributed by atoms with E-state index in [0.717, 1.165) is 5.69 Å². The molecule has 0 aliphatic carbocycles. The largest absolute Gasteiger partial charge is 0.323 e. The van der Waals surface area contributed by atoms with Crippen molar-refractivity contribution in [2.24, 2.45) is 0 Å². The molecule has 0 amide bonds. The third-order valence-corrected chi connectivity index (χ3v) is 4.19. The molecule has 0 fully saturated rings. The normalized spacial score (nSPS) is 10.6. The van der Waals surface area contributed by atoms with E-state index in [-0.39, 0.29) is 5.82 Å². The SMILES string of the molecule is CCn1c(C(F)F)nc2cc(C#N)ccc21.Cc1cccc(-n2cccn2)c1. The first-order valence-electron chi connectivity index (χ1n) is 8.78. The van der Waals surface area contributed by atoms with Crippen LogP contribution >= 0.6 is 0 Å². The molecule has 0 saturated carbocycles. The van der Waals surface area contributed by atoms with Crippen LogP contribution in [0.2, 0.25) is 0 Å². The second kappa shape index (κ2) is 8.44. The highest BCUT2D eigenvalue weighted by Crippen LogP contribution is 2.24. The molecule has 5 nitrogen and oxygen atoms in total. The van der Waals surface area contributed by atoms with Gasteiger partial charge in [-0.1, -0.05) is 12.1 Å². The van der Waals surface area contributed by atoms with Crippen LogP contribution in [0.3, 0.4) is 0 Å². The van der Waals surface area contributed by atoms with E-state index in [9.17, 15) is 8.78 Å². The van der Waals surface area contributed by atoms with Gasteiger partial charge in [-0.25, -0.2) is 18.4 Å². The Kier molecular flexibility index (Phi) is 5.80. The lowest BCUT2D eigenvalue weighted by Gasteiger charge is -2.03. The van der Waals surface area contributed by atoms with Crippen molar-refractivity contribution in [3.05, 3.63) is 77.9 Å². The summed E-state index contributed by atoms with van der Waals surface area (Å²) < 4.78 is 28.7. The molecule has 2 aromatic heterocycles. The van der Waals surface area contributed by atoms with Gasteiger partial charge in [-0.3, -0.25) is 0 Å². The van der Waals surface area contributed by atoms with Crippen molar-refractivity contribution in [2.75, 3.05) is 0 Å². The maximum Gasteiger partial charge on any atom is 0.295 e. The van der Waals surface area contributed by atoms with E-state index in [1.165, 1.54) is 16.2 Å². The first-order valence-corrected chi connectivity index (χ1v) is 8.78. The number of halogens is 2. The zero-order chi connectivity index (χ0) is 20.1. The van der Waals surface area contributed by atoms with Crippen LogP contribution in [0.4, 0.5) is 8.78 Å². The minimum atomic E-state index is -2.60. The Bertz CT molecular complexity index is 1110. The van der Waals surface area contributed by atoms with Gasteiger partial charge in [0, 0.05) is 18.9 Å². The lowest BCUT2D eigenvalue weighted by molar-refractivity contribution is 0.136. The summed E-state index contributed by atoms with van der Waals surface area (Å²) in [6.45, 7) is 4.29. The van der Waals surface area contributed by atoms with Gasteiger partial charge in [-0.2, -0.15) is 10.4 Å². The Labute approximate surface area is 161 Å². The minimum absolute atomic E-state index is 0.243. The molecular weight excluding hydrogens is 360 g/mol. The van der Waals surface area contributed by atoms with Gasteiger partial charge in [0.1, 0.15) is 0 Å². The highest BCUT2D eigenvalue weighted by molar-refractivity contribution is 5.77. The van der Waals surface area contributed by atoms with Gasteiger partial charge in [0.15, 0.2) is 5.82 Å². The average molecular weight is 379 g/mol. The second-order valence-corrected chi connectivity index (χ2v) is 6.12. The van der Waals surface area contributed by atoms with E-state index in [2.05, 4.69) is 29.1 Å². The summed E-state index contributed by atoms with van der Waals surface area (Å²) in [4.78, 5) is 3.85. The molecule has 0 unspecified atom stereocenters. The number of aryl methyl sites for hydroxylation is 2. The smallest absolute Gasteiger partial charge is 0.295 e. The van der Waals surface area contributed by atoms with Crippen molar-refractivity contribution in [2.45, 2.75) is 26.8 Å². The second-order valence-electron chi connectivity index (χ2n) is 6.12. The van der Waals surface area contributed by atoms with E-state index >= 15 is 0 Å². The van der Waals surface area contributed by atoms with Crippen molar-refractivity contribution in [1.82, 2.24) is 19.3 Å². The maximum atomic E-state index is 12.7. The van der Waals surface area contributed by atoms with E-state index in [1.54, 1.807) is 25.3 Å². The zero-order valence-electron chi connectivity index (χ0n) is 15.5. The topological polar surface area (TPSA) is 59.4 Å². The summed E-state index contributed by atoms with van der Waals surface area (Å²) in [7, 11) is 0. The van der Waals surface area contributed by atoms with Crippen LogP contribution in [0.1, 0.15) is 30.3 Å². The molecule has 0 aliphatic rings. The predicted molar refractivity (Wildman–Crippen MR) is 103 cm³/mol. The van der Waals surface area contributed by atoms with Crippen molar-refractivity contribution in [3.8, 4) is 11.8 Å². The summed E-state index contributed by atoms with van der Waals surface area (Å²) in [5.41, 5.74) is 3.87. The molecule has 0 saturated heterocycles. The average Bonchev–Trinajstić information content (AvgIpc) is 3.35. The number of hydrogen-bond acceptors (Lipinski definition) is 3. The molecule has 0 spiro atoms. The Morgan fingerprint density at radius 2 is 1.96 bits per heavy atom. The van der Waals surface area contributed by atoms with E-state index in [1.807, 2.05) is 35.1 Å². The first kappa shape index (κ1) is 19.2. The van der Waals surface area contributed by atoms with Crippen LogP contribution in [-0.2, 0) is 6.54 Å². The molecule has 7 heteroatoms. The van der Waals surface area contributed by atoms with Gasteiger partial charge >= 0.3 is 0 Å². The number of hydrogen-bond donors (Lipinski definition) is 0. The van der Waals surface area contributed by atoms with Gasteiger partial charge in [0.2, 0.25) is 0 Å².